The minimum Gasteiger partial charge on any atom is -0.379 e. The van der Waals surface area contributed by atoms with Gasteiger partial charge in [-0.3, -0.25) is 0 Å². The fraction of sp³-hybridized carbons (Fsp3) is 0.250. The van der Waals surface area contributed by atoms with Crippen LogP contribution in [0.15, 0.2) is 60.8 Å². The van der Waals surface area contributed by atoms with Crippen LogP contribution in [0.5, 0.6) is 0 Å². The maximum Gasteiger partial charge on any atom is 0.128 e. The molecule has 3 rings (SSSR count). The molecule has 0 bridgehead atoms. The van der Waals surface area contributed by atoms with Crippen molar-refractivity contribution in [3.05, 3.63) is 89.0 Å². The van der Waals surface area contributed by atoms with Crippen molar-refractivity contribution in [2.24, 2.45) is 0 Å². The second-order valence-corrected chi connectivity index (χ2v) is 6.15. The highest BCUT2D eigenvalue weighted by Gasteiger charge is 2.31. The van der Waals surface area contributed by atoms with Gasteiger partial charge in [-0.25, -0.2) is 4.98 Å². The van der Waals surface area contributed by atoms with Crippen LogP contribution < -0.4 is 0 Å². The van der Waals surface area contributed by atoms with Gasteiger partial charge in [0, 0.05) is 6.54 Å². The number of aliphatic hydroxyl groups is 1. The van der Waals surface area contributed by atoms with E-state index in [1.54, 1.807) is 6.20 Å². The van der Waals surface area contributed by atoms with Crippen molar-refractivity contribution in [2.45, 2.75) is 32.9 Å². The Bertz CT molecular complexity index is 804. The Labute approximate surface area is 137 Å². The fourth-order valence-corrected chi connectivity index (χ4v) is 3.08. The van der Waals surface area contributed by atoms with Gasteiger partial charge in [0.2, 0.25) is 0 Å². The van der Waals surface area contributed by atoms with Gasteiger partial charge in [-0.2, -0.15) is 0 Å². The molecule has 0 aliphatic carbocycles. The summed E-state index contributed by atoms with van der Waals surface area (Å²) in [6, 6.07) is 18.2. The fourth-order valence-electron chi connectivity index (χ4n) is 3.08. The lowest BCUT2D eigenvalue weighted by Gasteiger charge is -2.27. The molecule has 1 aromatic heterocycles. The number of hydrogen-bond donors (Lipinski definition) is 1. The highest BCUT2D eigenvalue weighted by atomic mass is 16.3. The normalized spacial score (nSPS) is 13.7. The third kappa shape index (κ3) is 2.92. The highest BCUT2D eigenvalue weighted by Crippen LogP contribution is 2.32. The lowest BCUT2D eigenvalue weighted by Crippen LogP contribution is -2.28. The van der Waals surface area contributed by atoms with Crippen molar-refractivity contribution in [1.29, 1.82) is 0 Å². The minimum atomic E-state index is -1.08. The number of benzene rings is 2. The Hall–Kier alpha value is -2.39. The lowest BCUT2D eigenvalue weighted by atomic mass is 9.89. The molecule has 0 saturated carbocycles. The minimum absolute atomic E-state index is 0.698. The molecule has 2 aromatic carbocycles. The molecule has 0 aliphatic heterocycles. The zero-order chi connectivity index (χ0) is 16.4. The first-order valence-electron chi connectivity index (χ1n) is 7.85. The Balaban J connectivity index is 2.05. The van der Waals surface area contributed by atoms with Crippen molar-refractivity contribution < 1.29 is 5.11 Å². The molecule has 0 amide bonds. The molecule has 0 spiro atoms. The third-order valence-corrected chi connectivity index (χ3v) is 4.41. The summed E-state index contributed by atoms with van der Waals surface area (Å²) in [4.78, 5) is 4.44. The first-order chi connectivity index (χ1) is 11.0. The Morgan fingerprint density at radius 3 is 2.35 bits per heavy atom. The first kappa shape index (κ1) is 15.5. The number of aryl methyl sites for hydroxylation is 2. The third-order valence-electron chi connectivity index (χ3n) is 4.41. The topological polar surface area (TPSA) is 38.1 Å². The smallest absolute Gasteiger partial charge is 0.128 e. The summed E-state index contributed by atoms with van der Waals surface area (Å²) in [6.07, 6.45) is 1.78. The van der Waals surface area contributed by atoms with Gasteiger partial charge < -0.3 is 9.67 Å². The van der Waals surface area contributed by atoms with Crippen LogP contribution in [0.2, 0.25) is 0 Å². The van der Waals surface area contributed by atoms with Gasteiger partial charge in [0.25, 0.3) is 0 Å². The standard InChI is InChI=1S/C20H22N2O/c1-15-9-7-8-12-18(15)20(3,23)19-13-21-16(2)22(19)14-17-10-5-4-6-11-17/h4-13,23H,14H2,1-3H3. The largest absolute Gasteiger partial charge is 0.379 e. The van der Waals surface area contributed by atoms with Crippen LogP contribution in [-0.4, -0.2) is 14.7 Å². The van der Waals surface area contributed by atoms with Crippen molar-refractivity contribution in [3.63, 3.8) is 0 Å². The summed E-state index contributed by atoms with van der Waals surface area (Å²) < 4.78 is 2.09. The number of nitrogens with zero attached hydrogens (tertiary/aromatic N) is 2. The molecule has 23 heavy (non-hydrogen) atoms. The zero-order valence-electron chi connectivity index (χ0n) is 13.8. The maximum atomic E-state index is 11.2. The number of imidazole rings is 1. The highest BCUT2D eigenvalue weighted by molar-refractivity contribution is 5.37. The molecule has 3 nitrogen and oxygen atoms in total. The molecule has 0 radical (unpaired) electrons. The van der Waals surface area contributed by atoms with Crippen LogP contribution in [0.25, 0.3) is 0 Å². The monoisotopic (exact) mass is 306 g/mol. The van der Waals surface area contributed by atoms with E-state index in [4.69, 9.17) is 0 Å². The van der Waals surface area contributed by atoms with E-state index in [-0.39, 0.29) is 0 Å². The van der Waals surface area contributed by atoms with E-state index in [0.29, 0.717) is 6.54 Å². The van der Waals surface area contributed by atoms with Gasteiger partial charge in [0.05, 0.1) is 11.9 Å². The first-order valence-corrected chi connectivity index (χ1v) is 7.85. The van der Waals surface area contributed by atoms with E-state index >= 15 is 0 Å². The van der Waals surface area contributed by atoms with E-state index in [0.717, 1.165) is 22.6 Å². The molecule has 0 fully saturated rings. The lowest BCUT2D eigenvalue weighted by molar-refractivity contribution is 0.0926. The molecule has 3 aromatic rings. The molecule has 1 heterocycles. The van der Waals surface area contributed by atoms with Gasteiger partial charge in [-0.05, 0) is 37.5 Å². The van der Waals surface area contributed by atoms with E-state index < -0.39 is 5.60 Å². The summed E-state index contributed by atoms with van der Waals surface area (Å²) in [5.41, 5.74) is 2.90. The molecule has 1 unspecified atom stereocenters. The quantitative estimate of drug-likeness (QED) is 0.796. The van der Waals surface area contributed by atoms with Gasteiger partial charge in [-0.1, -0.05) is 54.6 Å². The molecule has 1 N–H and O–H groups in total. The van der Waals surface area contributed by atoms with Crippen LogP contribution in [0.4, 0.5) is 0 Å². The van der Waals surface area contributed by atoms with E-state index in [1.165, 1.54) is 5.56 Å². The number of hydrogen-bond acceptors (Lipinski definition) is 2. The van der Waals surface area contributed by atoms with Crippen LogP contribution in [-0.2, 0) is 12.1 Å². The average Bonchev–Trinajstić information content (AvgIpc) is 2.90. The Morgan fingerprint density at radius 1 is 1.00 bits per heavy atom. The van der Waals surface area contributed by atoms with Crippen molar-refractivity contribution in [3.8, 4) is 0 Å². The van der Waals surface area contributed by atoms with E-state index in [1.807, 2.05) is 63.2 Å². The van der Waals surface area contributed by atoms with Gasteiger partial charge in [0.15, 0.2) is 0 Å². The molecular weight excluding hydrogens is 284 g/mol. The van der Waals surface area contributed by atoms with Crippen molar-refractivity contribution >= 4 is 0 Å². The SMILES string of the molecule is Cc1ccccc1C(C)(O)c1cnc(C)n1Cc1ccccc1. The van der Waals surface area contributed by atoms with E-state index in [9.17, 15) is 5.11 Å². The molecule has 0 saturated heterocycles. The van der Waals surface area contributed by atoms with Gasteiger partial charge in [-0.15, -0.1) is 0 Å². The van der Waals surface area contributed by atoms with Gasteiger partial charge >= 0.3 is 0 Å². The zero-order valence-corrected chi connectivity index (χ0v) is 13.8. The summed E-state index contributed by atoms with van der Waals surface area (Å²) in [6.45, 7) is 6.53. The predicted molar refractivity (Wildman–Crippen MR) is 92.4 cm³/mol. The van der Waals surface area contributed by atoms with Crippen LogP contribution in [0.3, 0.4) is 0 Å². The van der Waals surface area contributed by atoms with Crippen LogP contribution in [0.1, 0.15) is 35.1 Å². The molecular formula is C20H22N2O. The van der Waals surface area contributed by atoms with Gasteiger partial charge in [0.1, 0.15) is 11.4 Å². The van der Waals surface area contributed by atoms with Crippen LogP contribution >= 0.6 is 0 Å². The van der Waals surface area contributed by atoms with Crippen molar-refractivity contribution in [2.75, 3.05) is 0 Å². The predicted octanol–water partition coefficient (Wildman–Crippen LogP) is 3.80. The summed E-state index contributed by atoms with van der Waals surface area (Å²) in [7, 11) is 0. The number of aromatic nitrogens is 2. The number of rotatable bonds is 4. The Morgan fingerprint density at radius 2 is 1.65 bits per heavy atom. The second-order valence-electron chi connectivity index (χ2n) is 6.15. The summed E-state index contributed by atoms with van der Waals surface area (Å²) in [5.74, 6) is 0.901. The second kappa shape index (κ2) is 6.01. The summed E-state index contributed by atoms with van der Waals surface area (Å²) in [5, 5.41) is 11.2. The van der Waals surface area contributed by atoms with E-state index in [2.05, 4.69) is 21.7 Å². The molecule has 3 heteroatoms. The molecule has 118 valence electrons. The van der Waals surface area contributed by atoms with Crippen LogP contribution in [0, 0.1) is 13.8 Å². The average molecular weight is 306 g/mol. The molecule has 0 aliphatic rings. The van der Waals surface area contributed by atoms with Crippen molar-refractivity contribution in [1.82, 2.24) is 9.55 Å². The maximum absolute atomic E-state index is 11.2. The summed E-state index contributed by atoms with van der Waals surface area (Å²) >= 11 is 0. The molecule has 1 atom stereocenters. The Kier molecular flexibility index (Phi) is 4.05.